The Morgan fingerprint density at radius 2 is 1.71 bits per heavy atom. The number of halogens is 1. The third kappa shape index (κ3) is 9.10. The number of amides is 4. The molecule has 0 spiro atoms. The SMILES string of the molecule is [C-]#[N+][C@@H]1CCCN1C(=O)CNC(=O)c1ncnc2ccc(OCCCNC(=O)C(N)CNC(=O)c3ccc([Si](F)(C(C)(C)C)C(C)(C)C)cc3)cc12. The van der Waals surface area contributed by atoms with Crippen LogP contribution in [0.1, 0.15) is 81.7 Å². The summed E-state index contributed by atoms with van der Waals surface area (Å²) in [6.07, 6.45) is 2.60. The van der Waals surface area contributed by atoms with E-state index in [4.69, 9.17) is 17.0 Å². The van der Waals surface area contributed by atoms with Crippen LogP contribution in [-0.2, 0) is 9.59 Å². The Balaban J connectivity index is 1.22. The number of nitrogens with zero attached hydrogens (tertiary/aromatic N) is 4. The van der Waals surface area contributed by atoms with Crippen molar-refractivity contribution in [3.63, 3.8) is 0 Å². The molecule has 3 aromatic rings. The molecule has 13 nitrogen and oxygen atoms in total. The fraction of sp³-hybridized carbons (Fsp3) is 0.486. The van der Waals surface area contributed by atoms with Crippen molar-refractivity contribution in [2.24, 2.45) is 5.73 Å². The number of benzene rings is 2. The van der Waals surface area contributed by atoms with E-state index in [1.165, 1.54) is 11.2 Å². The maximum Gasteiger partial charge on any atom is 0.300 e. The Hall–Kier alpha value is -4.94. The maximum atomic E-state index is 16.6. The number of carbonyl (C=O) groups is 4. The molecule has 2 aromatic carbocycles. The lowest BCUT2D eigenvalue weighted by Gasteiger charge is -2.44. The number of carbonyl (C=O) groups excluding carboxylic acids is 4. The summed E-state index contributed by atoms with van der Waals surface area (Å²) in [6.45, 7) is 19.4. The lowest BCUT2D eigenvalue weighted by atomic mass is 10.1. The molecule has 1 aliphatic heterocycles. The van der Waals surface area contributed by atoms with Gasteiger partial charge in [-0.3, -0.25) is 28.9 Å². The van der Waals surface area contributed by atoms with Crippen LogP contribution >= 0.6 is 0 Å². The summed E-state index contributed by atoms with van der Waals surface area (Å²) in [5.74, 6) is -1.26. The van der Waals surface area contributed by atoms with Crippen LogP contribution in [0.3, 0.4) is 0 Å². The molecule has 4 amide bonds. The number of hydrogen-bond acceptors (Lipinski definition) is 8. The first kappa shape index (κ1) is 39.8. The molecule has 2 heterocycles. The fourth-order valence-corrected chi connectivity index (χ4v) is 11.3. The van der Waals surface area contributed by atoms with Crippen LogP contribution in [0.2, 0.25) is 10.1 Å². The third-order valence-corrected chi connectivity index (χ3v) is 14.5. The van der Waals surface area contributed by atoms with Crippen molar-refractivity contribution >= 4 is 48.1 Å². The predicted octanol–water partition coefficient (Wildman–Crippen LogP) is 3.59. The van der Waals surface area contributed by atoms with E-state index >= 15 is 4.11 Å². The molecule has 0 saturated carbocycles. The van der Waals surface area contributed by atoms with E-state index < -0.39 is 48.4 Å². The smallest absolute Gasteiger partial charge is 0.300 e. The Kier molecular flexibility index (Phi) is 12.7. The summed E-state index contributed by atoms with van der Waals surface area (Å²) in [4.78, 5) is 64.2. The number of nitrogens with one attached hydrogen (secondary N) is 3. The van der Waals surface area contributed by atoms with Crippen molar-refractivity contribution < 1.29 is 28.0 Å². The summed E-state index contributed by atoms with van der Waals surface area (Å²) in [6, 6.07) is 10.7. The number of hydrogen-bond donors (Lipinski definition) is 4. The summed E-state index contributed by atoms with van der Waals surface area (Å²) in [5, 5.41) is 8.00. The molecule has 1 aliphatic rings. The molecule has 5 N–H and O–H groups in total. The lowest BCUT2D eigenvalue weighted by Crippen LogP contribution is -2.57. The minimum Gasteiger partial charge on any atom is -0.494 e. The Labute approximate surface area is 305 Å². The zero-order valence-electron chi connectivity index (χ0n) is 30.7. The number of nitrogens with two attached hydrogens (primary N) is 1. The minimum atomic E-state index is -3.46. The van der Waals surface area contributed by atoms with E-state index in [0.29, 0.717) is 46.8 Å². The van der Waals surface area contributed by atoms with Gasteiger partial charge >= 0.3 is 6.17 Å². The first-order valence-electron chi connectivity index (χ1n) is 17.4. The lowest BCUT2D eigenvalue weighted by molar-refractivity contribution is -0.130. The predicted molar refractivity (Wildman–Crippen MR) is 199 cm³/mol. The highest BCUT2D eigenvalue weighted by atomic mass is 28.4. The van der Waals surface area contributed by atoms with Crippen LogP contribution in [0, 0.1) is 6.57 Å². The first-order chi connectivity index (χ1) is 24.5. The molecule has 278 valence electrons. The fourth-order valence-electron chi connectivity index (χ4n) is 6.67. The molecular formula is C37H49FN8O5Si. The van der Waals surface area contributed by atoms with Crippen molar-refractivity contribution in [2.75, 3.05) is 32.8 Å². The molecule has 1 unspecified atom stereocenters. The van der Waals surface area contributed by atoms with Gasteiger partial charge < -0.3 is 30.5 Å². The van der Waals surface area contributed by atoms with E-state index in [-0.39, 0.29) is 37.8 Å². The number of likely N-dealkylation sites (tertiary alicyclic amines) is 1. The first-order valence-corrected chi connectivity index (χ1v) is 19.3. The van der Waals surface area contributed by atoms with Gasteiger partial charge in [-0.1, -0.05) is 53.7 Å². The normalized spacial score (nSPS) is 15.4. The molecule has 1 saturated heterocycles. The molecule has 52 heavy (non-hydrogen) atoms. The topological polar surface area (TPSA) is 173 Å². The van der Waals surface area contributed by atoms with E-state index in [1.54, 1.807) is 42.5 Å². The average molecular weight is 733 g/mol. The van der Waals surface area contributed by atoms with Crippen molar-refractivity contribution in [3.8, 4) is 5.75 Å². The highest BCUT2D eigenvalue weighted by molar-refractivity contribution is 6.90. The van der Waals surface area contributed by atoms with Gasteiger partial charge in [-0.05, 0) is 58.4 Å². The van der Waals surface area contributed by atoms with Gasteiger partial charge in [0.2, 0.25) is 11.8 Å². The molecule has 15 heteroatoms. The number of ether oxygens (including phenoxy) is 1. The average Bonchev–Trinajstić information content (AvgIpc) is 3.60. The van der Waals surface area contributed by atoms with E-state index in [1.807, 2.05) is 41.5 Å². The van der Waals surface area contributed by atoms with Crippen LogP contribution in [0.4, 0.5) is 4.11 Å². The van der Waals surface area contributed by atoms with Gasteiger partial charge in [0.15, 0.2) is 0 Å². The number of aromatic nitrogens is 2. The van der Waals surface area contributed by atoms with Crippen molar-refractivity contribution in [3.05, 3.63) is 71.5 Å². The van der Waals surface area contributed by atoms with Gasteiger partial charge in [0, 0.05) is 37.0 Å². The summed E-state index contributed by atoms with van der Waals surface area (Å²) >= 11 is 0. The zero-order valence-corrected chi connectivity index (χ0v) is 31.7. The minimum absolute atomic E-state index is 0.0845. The molecule has 0 bridgehead atoms. The zero-order chi connectivity index (χ0) is 38.3. The molecule has 0 aliphatic carbocycles. The molecular weight excluding hydrogens is 684 g/mol. The summed E-state index contributed by atoms with van der Waals surface area (Å²) in [7, 11) is -3.46. The summed E-state index contributed by atoms with van der Waals surface area (Å²) < 4.78 is 22.4. The van der Waals surface area contributed by atoms with Gasteiger partial charge in [-0.25, -0.2) is 16.5 Å². The van der Waals surface area contributed by atoms with E-state index in [0.717, 1.165) is 6.42 Å². The molecule has 2 atom stereocenters. The second-order valence-corrected chi connectivity index (χ2v) is 19.9. The van der Waals surface area contributed by atoms with E-state index in [9.17, 15) is 19.2 Å². The van der Waals surface area contributed by atoms with Gasteiger partial charge in [-0.15, -0.1) is 0 Å². The Morgan fingerprint density at radius 1 is 1.02 bits per heavy atom. The van der Waals surface area contributed by atoms with Gasteiger partial charge in [0.05, 0.1) is 18.7 Å². The van der Waals surface area contributed by atoms with Crippen molar-refractivity contribution in [2.45, 2.75) is 83.1 Å². The van der Waals surface area contributed by atoms with Crippen LogP contribution in [0.15, 0.2) is 48.8 Å². The van der Waals surface area contributed by atoms with Gasteiger partial charge in [0.1, 0.15) is 23.8 Å². The third-order valence-electron chi connectivity index (χ3n) is 9.23. The largest absolute Gasteiger partial charge is 0.494 e. The Morgan fingerprint density at radius 3 is 2.37 bits per heavy atom. The second-order valence-electron chi connectivity index (χ2n) is 15.0. The maximum absolute atomic E-state index is 16.6. The van der Waals surface area contributed by atoms with Crippen LogP contribution in [0.25, 0.3) is 15.7 Å². The van der Waals surface area contributed by atoms with Gasteiger partial charge in [0.25, 0.3) is 20.2 Å². The number of fused-ring (bicyclic) bond motifs is 1. The Bertz CT molecular complexity index is 1810. The van der Waals surface area contributed by atoms with E-state index in [2.05, 4.69) is 30.8 Å². The second kappa shape index (κ2) is 16.6. The molecule has 1 aromatic heterocycles. The van der Waals surface area contributed by atoms with Crippen LogP contribution < -0.4 is 31.6 Å². The highest BCUT2D eigenvalue weighted by Crippen LogP contribution is 2.51. The highest BCUT2D eigenvalue weighted by Gasteiger charge is 2.56. The van der Waals surface area contributed by atoms with Crippen LogP contribution in [-0.4, -0.2) is 91.9 Å². The number of rotatable bonds is 13. The molecule has 1 fully saturated rings. The van der Waals surface area contributed by atoms with Crippen molar-refractivity contribution in [1.82, 2.24) is 30.8 Å². The monoisotopic (exact) mass is 732 g/mol. The van der Waals surface area contributed by atoms with Gasteiger partial charge in [-0.2, -0.15) is 0 Å². The quantitative estimate of drug-likeness (QED) is 0.0894. The van der Waals surface area contributed by atoms with Crippen LogP contribution in [0.5, 0.6) is 5.75 Å². The standard InChI is InChI=1S/C37H49FN8O5Si/c1-36(2,3)52(38,37(4,5)6)26-14-11-24(12-15-26)33(48)42-21-28(39)34(49)41-17-9-19-51-25-13-16-29-27(20-25)32(45-23-44-29)35(50)43-22-31(47)46-18-8-10-30(46)40-7/h11-16,20,23,28,30H,8-10,17-19,21-22,39H2,1-6H3,(H,41,49)(H,42,48)(H,43,50)/t28?,30-/m0/s1. The van der Waals surface area contributed by atoms with Crippen molar-refractivity contribution in [1.29, 1.82) is 0 Å². The molecule has 4 rings (SSSR count). The molecule has 0 radical (unpaired) electrons. The summed E-state index contributed by atoms with van der Waals surface area (Å²) in [5.41, 5.74) is 6.97.